The summed E-state index contributed by atoms with van der Waals surface area (Å²) in [5.74, 6) is -0.401. The Hall–Kier alpha value is -3.03. The normalized spacial score (nSPS) is 11.8. The van der Waals surface area contributed by atoms with Crippen molar-refractivity contribution in [3.8, 4) is 11.5 Å². The molecule has 0 fully saturated rings. The summed E-state index contributed by atoms with van der Waals surface area (Å²) in [6.45, 7) is 9.43. The fraction of sp³-hybridized carbons (Fsp3) is 0.462. The summed E-state index contributed by atoms with van der Waals surface area (Å²) in [4.78, 5) is 24.9. The van der Waals surface area contributed by atoms with E-state index >= 15 is 0 Å². The van der Waals surface area contributed by atoms with Gasteiger partial charge in [0.25, 0.3) is 0 Å². The number of carbonyl (C=O) groups excluding carboxylic acids is 2. The van der Waals surface area contributed by atoms with Gasteiger partial charge < -0.3 is 14.2 Å². The van der Waals surface area contributed by atoms with Crippen LogP contribution >= 0.6 is 0 Å². The number of ether oxygens (including phenoxy) is 3. The Balaban J connectivity index is 2.02. The van der Waals surface area contributed by atoms with E-state index in [-0.39, 0.29) is 18.0 Å². The summed E-state index contributed by atoms with van der Waals surface area (Å²) in [6.07, 6.45) is -2.42. The van der Waals surface area contributed by atoms with Crippen LogP contribution in [0.15, 0.2) is 36.4 Å². The van der Waals surface area contributed by atoms with Crippen LogP contribution in [-0.2, 0) is 16.0 Å². The quantitative estimate of drug-likeness (QED) is 0.208. The first-order chi connectivity index (χ1) is 15.8. The van der Waals surface area contributed by atoms with Crippen LogP contribution < -0.4 is 9.47 Å². The average Bonchev–Trinajstić information content (AvgIpc) is 2.74. The first-order valence-electron chi connectivity index (χ1n) is 11.2. The summed E-state index contributed by atoms with van der Waals surface area (Å²) < 4.78 is 52.0. The van der Waals surface area contributed by atoms with Crippen molar-refractivity contribution < 1.29 is 37.0 Å². The molecule has 5 nitrogen and oxygen atoms in total. The van der Waals surface area contributed by atoms with Crippen molar-refractivity contribution in [3.05, 3.63) is 58.7 Å². The number of esters is 1. The fourth-order valence-corrected chi connectivity index (χ4v) is 3.37. The molecule has 0 heterocycles. The van der Waals surface area contributed by atoms with Gasteiger partial charge in [0.2, 0.25) is 0 Å². The number of unbranched alkanes of at least 4 members (excludes halogenated alkanes) is 1. The zero-order chi connectivity index (χ0) is 25.5. The number of carbonyl (C=O) groups is 2. The molecule has 0 unspecified atom stereocenters. The van der Waals surface area contributed by atoms with E-state index < -0.39 is 17.9 Å². The Labute approximate surface area is 198 Å². The van der Waals surface area contributed by atoms with Gasteiger partial charge in [0.1, 0.15) is 11.5 Å². The highest BCUT2D eigenvalue weighted by atomic mass is 19.4. The van der Waals surface area contributed by atoms with Crippen LogP contribution in [0.4, 0.5) is 13.2 Å². The minimum atomic E-state index is -4.78. The van der Waals surface area contributed by atoms with E-state index in [4.69, 9.17) is 9.47 Å². The predicted molar refractivity (Wildman–Crippen MR) is 122 cm³/mol. The van der Waals surface area contributed by atoms with Gasteiger partial charge in [-0.15, -0.1) is 13.2 Å². The average molecular weight is 481 g/mol. The maximum atomic E-state index is 12.5. The van der Waals surface area contributed by atoms with Crippen LogP contribution in [0.2, 0.25) is 0 Å². The molecular weight excluding hydrogens is 449 g/mol. The lowest BCUT2D eigenvalue weighted by Gasteiger charge is -2.26. The van der Waals surface area contributed by atoms with Gasteiger partial charge in [0.05, 0.1) is 6.61 Å². The van der Waals surface area contributed by atoms with Crippen LogP contribution in [-0.4, -0.2) is 30.3 Å². The van der Waals surface area contributed by atoms with Crippen molar-refractivity contribution in [1.29, 1.82) is 0 Å². The van der Waals surface area contributed by atoms with Crippen LogP contribution in [0.3, 0.4) is 0 Å². The molecule has 0 aromatic heterocycles. The molecule has 0 bridgehead atoms. The van der Waals surface area contributed by atoms with Gasteiger partial charge in [-0.2, -0.15) is 0 Å². The third kappa shape index (κ3) is 8.08. The molecule has 0 N–H and O–H groups in total. The first-order valence-corrected chi connectivity index (χ1v) is 11.2. The summed E-state index contributed by atoms with van der Waals surface area (Å²) >= 11 is 0. The largest absolute Gasteiger partial charge is 0.573 e. The van der Waals surface area contributed by atoms with E-state index in [0.29, 0.717) is 24.3 Å². The molecule has 0 amide bonds. The fourth-order valence-electron chi connectivity index (χ4n) is 3.37. The van der Waals surface area contributed by atoms with E-state index in [0.717, 1.165) is 41.7 Å². The highest BCUT2D eigenvalue weighted by Gasteiger charge is 2.33. The second kappa shape index (κ2) is 11.4. The summed E-state index contributed by atoms with van der Waals surface area (Å²) in [7, 11) is 0. The minimum Gasteiger partial charge on any atom is -0.476 e. The Kier molecular flexibility index (Phi) is 9.13. The van der Waals surface area contributed by atoms with Crippen molar-refractivity contribution in [2.24, 2.45) is 0 Å². The molecule has 2 aromatic rings. The zero-order valence-corrected chi connectivity index (χ0v) is 20.2. The monoisotopic (exact) mass is 480 g/mol. The molecule has 0 aliphatic heterocycles. The van der Waals surface area contributed by atoms with Gasteiger partial charge in [-0.3, -0.25) is 4.79 Å². The Morgan fingerprint density at radius 3 is 2.06 bits per heavy atom. The molecule has 0 saturated carbocycles. The number of aryl methyl sites for hydroxylation is 3. The van der Waals surface area contributed by atoms with Crippen molar-refractivity contribution in [1.82, 2.24) is 0 Å². The molecule has 2 rings (SSSR count). The molecule has 2 aromatic carbocycles. The van der Waals surface area contributed by atoms with E-state index in [1.165, 1.54) is 12.1 Å². The molecule has 0 aliphatic rings. The summed E-state index contributed by atoms with van der Waals surface area (Å²) in [5.41, 5.74) is 1.72. The smallest absolute Gasteiger partial charge is 0.476 e. The van der Waals surface area contributed by atoms with Crippen molar-refractivity contribution in [2.45, 2.75) is 72.3 Å². The third-order valence-electron chi connectivity index (χ3n) is 5.15. The number of hydrogen-bond acceptors (Lipinski definition) is 5. The lowest BCUT2D eigenvalue weighted by molar-refractivity contribution is -0.274. The maximum Gasteiger partial charge on any atom is 0.573 e. The minimum absolute atomic E-state index is 0.188. The van der Waals surface area contributed by atoms with Crippen LogP contribution in [0, 0.1) is 13.8 Å². The number of hydrogen-bond donors (Lipinski definition) is 0. The van der Waals surface area contributed by atoms with Crippen LogP contribution in [0.25, 0.3) is 0 Å². The van der Waals surface area contributed by atoms with Gasteiger partial charge in [0.15, 0.2) is 11.4 Å². The van der Waals surface area contributed by atoms with E-state index in [1.54, 1.807) is 13.8 Å². The second-order valence-corrected chi connectivity index (χ2v) is 8.66. The predicted octanol–water partition coefficient (Wildman–Crippen LogP) is 6.52. The highest BCUT2D eigenvalue weighted by Crippen LogP contribution is 2.30. The van der Waals surface area contributed by atoms with Gasteiger partial charge in [0, 0.05) is 12.0 Å². The third-order valence-corrected chi connectivity index (χ3v) is 5.15. The molecule has 0 atom stereocenters. The Bertz CT molecular complexity index is 971. The molecule has 0 spiro atoms. The molecule has 0 saturated heterocycles. The van der Waals surface area contributed by atoms with Crippen molar-refractivity contribution in [3.63, 3.8) is 0 Å². The van der Waals surface area contributed by atoms with E-state index in [2.05, 4.69) is 4.74 Å². The Morgan fingerprint density at radius 1 is 0.941 bits per heavy atom. The standard InChI is InChI=1S/C26H31F3O5/c1-6-7-14-32-24(31)25(4,5)34-23-17(2)15-19(16-18(23)3)8-13-22(30)20-9-11-21(12-10-20)33-26(27,28)29/h9-12,15-16H,6-8,13-14H2,1-5H3. The number of halogens is 3. The topological polar surface area (TPSA) is 61.8 Å². The summed E-state index contributed by atoms with van der Waals surface area (Å²) in [6, 6.07) is 8.67. The first kappa shape index (κ1) is 27.2. The van der Waals surface area contributed by atoms with Gasteiger partial charge in [-0.05, 0) is 81.5 Å². The second-order valence-electron chi connectivity index (χ2n) is 8.66. The number of ketones is 1. The van der Waals surface area contributed by atoms with Crippen molar-refractivity contribution in [2.75, 3.05) is 6.61 Å². The van der Waals surface area contributed by atoms with E-state index in [1.807, 2.05) is 32.9 Å². The number of rotatable bonds is 11. The lowest BCUT2D eigenvalue weighted by atomic mass is 9.98. The number of alkyl halides is 3. The molecule has 34 heavy (non-hydrogen) atoms. The lowest BCUT2D eigenvalue weighted by Crippen LogP contribution is -2.40. The van der Waals surface area contributed by atoms with Gasteiger partial charge in [-0.1, -0.05) is 25.5 Å². The van der Waals surface area contributed by atoms with Gasteiger partial charge >= 0.3 is 12.3 Å². The van der Waals surface area contributed by atoms with Crippen molar-refractivity contribution >= 4 is 11.8 Å². The SMILES string of the molecule is CCCCOC(=O)C(C)(C)Oc1c(C)cc(CCC(=O)c2ccc(OC(F)(F)F)cc2)cc1C. The summed E-state index contributed by atoms with van der Waals surface area (Å²) in [5, 5.41) is 0. The van der Waals surface area contributed by atoms with Crippen LogP contribution in [0.5, 0.6) is 11.5 Å². The van der Waals surface area contributed by atoms with Crippen LogP contribution in [0.1, 0.15) is 67.1 Å². The van der Waals surface area contributed by atoms with E-state index in [9.17, 15) is 22.8 Å². The highest BCUT2D eigenvalue weighted by molar-refractivity contribution is 5.96. The molecular formula is C26H31F3O5. The molecule has 8 heteroatoms. The zero-order valence-electron chi connectivity index (χ0n) is 20.2. The number of Topliss-reactive ketones (excluding diaryl/α,β-unsaturated/α-hetero) is 1. The molecule has 0 aliphatic carbocycles. The maximum absolute atomic E-state index is 12.5. The molecule has 0 radical (unpaired) electrons. The van der Waals surface area contributed by atoms with Gasteiger partial charge in [-0.25, -0.2) is 4.79 Å². The molecule has 186 valence electrons. The Morgan fingerprint density at radius 2 is 1.53 bits per heavy atom. The number of benzene rings is 2.